The van der Waals surface area contributed by atoms with Crippen LogP contribution in [0.5, 0.6) is 0 Å². The number of aryl methyl sites for hydroxylation is 3. The van der Waals surface area contributed by atoms with Crippen LogP contribution in [-0.4, -0.2) is 43.7 Å². The molecule has 0 aliphatic carbocycles. The third-order valence-electron chi connectivity index (χ3n) is 5.90. The molecule has 178 valence electrons. The zero-order valence-corrected chi connectivity index (χ0v) is 20.0. The second-order valence-corrected chi connectivity index (χ2v) is 10.4. The molecule has 9 heteroatoms. The lowest BCUT2D eigenvalue weighted by Crippen LogP contribution is -2.46. The second kappa shape index (κ2) is 10.4. The molecule has 0 aromatic heterocycles. The Bertz CT molecular complexity index is 1150. The van der Waals surface area contributed by atoms with E-state index in [0.717, 1.165) is 30.0 Å². The van der Waals surface area contributed by atoms with Crippen LogP contribution in [0.15, 0.2) is 41.3 Å². The van der Waals surface area contributed by atoms with Crippen LogP contribution in [0.1, 0.15) is 42.4 Å². The van der Waals surface area contributed by atoms with Crippen molar-refractivity contribution in [2.45, 2.75) is 57.4 Å². The number of nitrogens with zero attached hydrogens (tertiary/aromatic N) is 1. The molecule has 0 bridgehead atoms. The summed E-state index contributed by atoms with van der Waals surface area (Å²) in [5.74, 6) is -2.02. The Kier molecular flexibility index (Phi) is 7.86. The lowest BCUT2D eigenvalue weighted by atomic mass is 10.0. The van der Waals surface area contributed by atoms with Gasteiger partial charge in [-0.25, -0.2) is 12.8 Å². The molecule has 1 aliphatic rings. The number of hydrogen-bond donors (Lipinski definition) is 2. The summed E-state index contributed by atoms with van der Waals surface area (Å²) >= 11 is 0. The fourth-order valence-electron chi connectivity index (χ4n) is 4.17. The monoisotopic (exact) mass is 475 g/mol. The van der Waals surface area contributed by atoms with Crippen LogP contribution in [0.4, 0.5) is 10.1 Å². The van der Waals surface area contributed by atoms with E-state index in [1.54, 1.807) is 13.0 Å². The van der Waals surface area contributed by atoms with Crippen molar-refractivity contribution in [3.8, 4) is 0 Å². The van der Waals surface area contributed by atoms with Crippen LogP contribution in [0.3, 0.4) is 0 Å². The number of sulfonamides is 1. The van der Waals surface area contributed by atoms with Gasteiger partial charge in [-0.3, -0.25) is 9.59 Å². The van der Waals surface area contributed by atoms with E-state index in [2.05, 4.69) is 10.6 Å². The summed E-state index contributed by atoms with van der Waals surface area (Å²) in [6.45, 7) is 5.89. The summed E-state index contributed by atoms with van der Waals surface area (Å²) in [7, 11) is -3.80. The molecule has 2 amide bonds. The minimum absolute atomic E-state index is 0.0904. The maximum absolute atomic E-state index is 13.5. The molecule has 1 aliphatic heterocycles. The van der Waals surface area contributed by atoms with Crippen LogP contribution >= 0.6 is 0 Å². The highest BCUT2D eigenvalue weighted by atomic mass is 32.2. The summed E-state index contributed by atoms with van der Waals surface area (Å²) in [4.78, 5) is 24.6. The number of rotatable bonds is 6. The predicted octanol–water partition coefficient (Wildman–Crippen LogP) is 3.44. The van der Waals surface area contributed by atoms with Crippen molar-refractivity contribution in [3.63, 3.8) is 0 Å². The Balaban J connectivity index is 1.61. The molecule has 1 heterocycles. The van der Waals surface area contributed by atoms with Gasteiger partial charge >= 0.3 is 11.8 Å². The van der Waals surface area contributed by atoms with E-state index in [1.807, 2.05) is 26.0 Å². The predicted molar refractivity (Wildman–Crippen MR) is 125 cm³/mol. The van der Waals surface area contributed by atoms with E-state index in [9.17, 15) is 22.4 Å². The molecule has 7 nitrogen and oxygen atoms in total. The number of anilines is 1. The first-order chi connectivity index (χ1) is 15.6. The average Bonchev–Trinajstić information content (AvgIpc) is 2.75. The van der Waals surface area contributed by atoms with Gasteiger partial charge in [0.2, 0.25) is 10.0 Å². The highest BCUT2D eigenvalue weighted by molar-refractivity contribution is 7.89. The zero-order chi connectivity index (χ0) is 24.2. The number of piperidine rings is 1. The molecule has 1 saturated heterocycles. The summed E-state index contributed by atoms with van der Waals surface area (Å²) in [5, 5.41) is 5.19. The molecular formula is C24H30FN3O4S. The SMILES string of the molecule is Cc1ccc(NC(=O)C(=O)NCC[C@@H]2CCCCN2S(=O)(=O)c2ccc(F)cc2C)c(C)c1. The van der Waals surface area contributed by atoms with E-state index < -0.39 is 27.7 Å². The maximum Gasteiger partial charge on any atom is 0.313 e. The average molecular weight is 476 g/mol. The fourth-order valence-corrected chi connectivity index (χ4v) is 6.10. The van der Waals surface area contributed by atoms with Crippen LogP contribution in [0, 0.1) is 26.6 Å². The van der Waals surface area contributed by atoms with Gasteiger partial charge in [-0.05, 0) is 75.4 Å². The lowest BCUT2D eigenvalue weighted by Gasteiger charge is -2.35. The minimum atomic E-state index is -3.80. The number of benzene rings is 2. The Morgan fingerprint density at radius 1 is 1.03 bits per heavy atom. The Morgan fingerprint density at radius 3 is 2.48 bits per heavy atom. The highest BCUT2D eigenvalue weighted by Gasteiger charge is 2.34. The van der Waals surface area contributed by atoms with Gasteiger partial charge in [-0.2, -0.15) is 4.31 Å². The summed E-state index contributed by atoms with van der Waals surface area (Å²) in [6.07, 6.45) is 2.65. The summed E-state index contributed by atoms with van der Waals surface area (Å²) in [5.41, 5.74) is 2.84. The highest BCUT2D eigenvalue weighted by Crippen LogP contribution is 2.28. The molecule has 0 radical (unpaired) electrons. The Morgan fingerprint density at radius 2 is 1.79 bits per heavy atom. The van der Waals surface area contributed by atoms with Gasteiger partial charge in [0.05, 0.1) is 4.90 Å². The van der Waals surface area contributed by atoms with Crippen LogP contribution < -0.4 is 10.6 Å². The number of halogens is 1. The van der Waals surface area contributed by atoms with Crippen molar-refractivity contribution in [1.82, 2.24) is 9.62 Å². The molecule has 0 spiro atoms. The molecule has 2 N–H and O–H groups in total. The number of carbonyl (C=O) groups excluding carboxylic acids is 2. The van der Waals surface area contributed by atoms with Crippen molar-refractivity contribution in [2.24, 2.45) is 0 Å². The molecule has 3 rings (SSSR count). The third kappa shape index (κ3) is 5.97. The fraction of sp³-hybridized carbons (Fsp3) is 0.417. The summed E-state index contributed by atoms with van der Waals surface area (Å²) < 4.78 is 41.4. The van der Waals surface area contributed by atoms with Crippen LogP contribution in [0.25, 0.3) is 0 Å². The third-order valence-corrected chi connectivity index (χ3v) is 8.01. The number of amides is 2. The van der Waals surface area contributed by atoms with Crippen molar-refractivity contribution in [3.05, 3.63) is 58.9 Å². The van der Waals surface area contributed by atoms with E-state index in [4.69, 9.17) is 0 Å². The molecule has 1 fully saturated rings. The smallest absolute Gasteiger partial charge is 0.313 e. The van der Waals surface area contributed by atoms with Gasteiger partial charge in [0, 0.05) is 24.8 Å². The molecule has 2 aromatic rings. The second-order valence-electron chi connectivity index (χ2n) is 8.49. The maximum atomic E-state index is 13.5. The number of nitrogens with one attached hydrogen (secondary N) is 2. The quantitative estimate of drug-likeness (QED) is 0.626. The zero-order valence-electron chi connectivity index (χ0n) is 19.2. The largest absolute Gasteiger partial charge is 0.348 e. The Hall–Kier alpha value is -2.78. The van der Waals surface area contributed by atoms with E-state index in [0.29, 0.717) is 30.6 Å². The first-order valence-corrected chi connectivity index (χ1v) is 12.5. The number of carbonyl (C=O) groups is 2. The van der Waals surface area contributed by atoms with Gasteiger partial charge in [0.1, 0.15) is 5.82 Å². The van der Waals surface area contributed by atoms with Crippen LogP contribution in [0.2, 0.25) is 0 Å². The van der Waals surface area contributed by atoms with E-state index in [1.165, 1.54) is 16.4 Å². The molecular weight excluding hydrogens is 445 g/mol. The Labute approximate surface area is 194 Å². The normalized spacial score (nSPS) is 16.9. The van der Waals surface area contributed by atoms with Gasteiger partial charge in [0.15, 0.2) is 0 Å². The molecule has 33 heavy (non-hydrogen) atoms. The standard InChI is InChI=1S/C24H30FN3O4S/c1-16-7-9-21(17(2)14-16)27-24(30)23(29)26-12-11-20-6-4-5-13-28(20)33(31,32)22-10-8-19(25)15-18(22)3/h7-10,14-15,20H,4-6,11-13H2,1-3H3,(H,26,29)(H,27,30)/t20-/m0/s1. The van der Waals surface area contributed by atoms with Gasteiger partial charge in [-0.15, -0.1) is 0 Å². The van der Waals surface area contributed by atoms with Crippen molar-refractivity contribution >= 4 is 27.5 Å². The molecule has 0 saturated carbocycles. The van der Waals surface area contributed by atoms with Crippen molar-refractivity contribution in [2.75, 3.05) is 18.4 Å². The number of hydrogen-bond acceptors (Lipinski definition) is 4. The van der Waals surface area contributed by atoms with Gasteiger partial charge < -0.3 is 10.6 Å². The van der Waals surface area contributed by atoms with E-state index in [-0.39, 0.29) is 17.5 Å². The lowest BCUT2D eigenvalue weighted by molar-refractivity contribution is -0.136. The molecule has 0 unspecified atom stereocenters. The van der Waals surface area contributed by atoms with Gasteiger partial charge in [0.25, 0.3) is 0 Å². The van der Waals surface area contributed by atoms with Gasteiger partial charge in [-0.1, -0.05) is 24.1 Å². The molecule has 2 aromatic carbocycles. The first-order valence-electron chi connectivity index (χ1n) is 11.0. The van der Waals surface area contributed by atoms with Crippen molar-refractivity contribution < 1.29 is 22.4 Å². The first kappa shape index (κ1) is 24.9. The molecule has 1 atom stereocenters. The van der Waals surface area contributed by atoms with Crippen LogP contribution in [-0.2, 0) is 19.6 Å². The summed E-state index contributed by atoms with van der Waals surface area (Å²) in [6, 6.07) is 8.85. The topological polar surface area (TPSA) is 95.6 Å². The van der Waals surface area contributed by atoms with Crippen molar-refractivity contribution in [1.29, 1.82) is 0 Å². The minimum Gasteiger partial charge on any atom is -0.348 e. The van der Waals surface area contributed by atoms with E-state index >= 15 is 0 Å².